The van der Waals surface area contributed by atoms with Crippen LogP contribution in [-0.2, 0) is 10.0 Å². The van der Waals surface area contributed by atoms with Crippen molar-refractivity contribution < 1.29 is 8.42 Å². The number of anilines is 1. The van der Waals surface area contributed by atoms with Crippen molar-refractivity contribution >= 4 is 28.1 Å². The van der Waals surface area contributed by atoms with E-state index in [4.69, 9.17) is 5.84 Å². The molecule has 15 heavy (non-hydrogen) atoms. The van der Waals surface area contributed by atoms with Gasteiger partial charge in [-0.3, -0.25) is 5.84 Å². The van der Waals surface area contributed by atoms with Gasteiger partial charge in [-0.15, -0.1) is 12.4 Å². The lowest BCUT2D eigenvalue weighted by Gasteiger charge is -1.94. The quantitative estimate of drug-likeness (QED) is 0.531. The summed E-state index contributed by atoms with van der Waals surface area (Å²) < 4.78 is 21.9. The van der Waals surface area contributed by atoms with Crippen LogP contribution in [0.4, 0.5) is 5.69 Å². The third-order valence-electron chi connectivity index (χ3n) is 1.31. The third-order valence-corrected chi connectivity index (χ3v) is 2.05. The molecule has 0 amide bonds. The van der Waals surface area contributed by atoms with Crippen LogP contribution in [0.3, 0.4) is 0 Å². The zero-order valence-corrected chi connectivity index (χ0v) is 10.2. The molecule has 0 atom stereocenters. The minimum absolute atomic E-state index is 0. The molecule has 1 aromatic carbocycles. The highest BCUT2D eigenvalue weighted by Gasteiger charge is 1.88. The summed E-state index contributed by atoms with van der Waals surface area (Å²) >= 11 is 0. The second-order valence-electron chi connectivity index (χ2n) is 2.49. The Morgan fingerprint density at radius 2 is 1.60 bits per heavy atom. The predicted molar refractivity (Wildman–Crippen MR) is 65.4 cm³/mol. The van der Waals surface area contributed by atoms with E-state index in [2.05, 4.69) is 10.1 Å². The first-order valence-corrected chi connectivity index (χ1v) is 5.79. The molecule has 0 heterocycles. The number of nitrogen functional groups attached to an aromatic ring is 1. The summed E-state index contributed by atoms with van der Waals surface area (Å²) in [5.74, 6) is 5.10. The van der Waals surface area contributed by atoms with E-state index in [0.717, 1.165) is 11.9 Å². The highest BCUT2D eigenvalue weighted by atomic mass is 35.5. The SMILES string of the molecule is CNS(C)(=O)=O.Cl.NNc1ccccc1. The van der Waals surface area contributed by atoms with Gasteiger partial charge in [-0.1, -0.05) is 18.2 Å². The molecule has 1 rings (SSSR count). The zero-order chi connectivity index (χ0) is 11.0. The smallest absolute Gasteiger partial charge is 0.208 e. The lowest BCUT2D eigenvalue weighted by molar-refractivity contribution is 0.594. The summed E-state index contributed by atoms with van der Waals surface area (Å²) in [5, 5.41) is 0. The van der Waals surface area contributed by atoms with Crippen LogP contribution >= 0.6 is 12.4 Å². The van der Waals surface area contributed by atoms with Gasteiger partial charge >= 0.3 is 0 Å². The molecule has 1 aromatic rings. The molecule has 7 heteroatoms. The minimum atomic E-state index is -2.91. The fourth-order valence-corrected chi connectivity index (χ4v) is 0.534. The Bertz CT molecular complexity index is 342. The summed E-state index contributed by atoms with van der Waals surface area (Å²) in [6.07, 6.45) is 1.10. The Labute approximate surface area is 96.5 Å². The van der Waals surface area contributed by atoms with Crippen LogP contribution in [0.5, 0.6) is 0 Å². The van der Waals surface area contributed by atoms with Crippen LogP contribution in [0.15, 0.2) is 30.3 Å². The van der Waals surface area contributed by atoms with Gasteiger partial charge in [0.1, 0.15) is 0 Å². The normalized spacial score (nSPS) is 9.27. The van der Waals surface area contributed by atoms with Crippen LogP contribution in [0.1, 0.15) is 0 Å². The Kier molecular flexibility index (Phi) is 9.39. The maximum atomic E-state index is 9.89. The highest BCUT2D eigenvalue weighted by Crippen LogP contribution is 2.00. The Hall–Kier alpha value is -0.820. The summed E-state index contributed by atoms with van der Waals surface area (Å²) in [5.41, 5.74) is 3.46. The van der Waals surface area contributed by atoms with Gasteiger partial charge in [0.15, 0.2) is 0 Å². The number of rotatable bonds is 2. The van der Waals surface area contributed by atoms with Gasteiger partial charge in [-0.05, 0) is 19.2 Å². The third kappa shape index (κ3) is 11.1. The topological polar surface area (TPSA) is 84.2 Å². The molecular formula is C8H16ClN3O2S. The van der Waals surface area contributed by atoms with Gasteiger partial charge in [-0.2, -0.15) is 0 Å². The maximum absolute atomic E-state index is 9.89. The van der Waals surface area contributed by atoms with E-state index >= 15 is 0 Å². The second kappa shape index (κ2) is 8.49. The van der Waals surface area contributed by atoms with Crippen molar-refractivity contribution in [2.24, 2.45) is 5.84 Å². The monoisotopic (exact) mass is 253 g/mol. The molecule has 0 aliphatic rings. The van der Waals surface area contributed by atoms with Gasteiger partial charge in [0, 0.05) is 5.69 Å². The first-order chi connectivity index (χ1) is 6.49. The molecule has 4 N–H and O–H groups in total. The molecule has 0 saturated heterocycles. The van der Waals surface area contributed by atoms with Gasteiger partial charge in [0.05, 0.1) is 6.26 Å². The van der Waals surface area contributed by atoms with Crippen molar-refractivity contribution in [2.45, 2.75) is 0 Å². The molecule has 0 radical (unpaired) electrons. The van der Waals surface area contributed by atoms with E-state index in [1.807, 2.05) is 30.3 Å². The largest absolute Gasteiger partial charge is 0.324 e. The molecule has 0 aliphatic carbocycles. The van der Waals surface area contributed by atoms with Crippen LogP contribution in [0.2, 0.25) is 0 Å². The number of hydrogen-bond acceptors (Lipinski definition) is 4. The predicted octanol–water partition coefficient (Wildman–Crippen LogP) is 0.559. The first kappa shape index (κ1) is 16.6. The number of hydrogen-bond donors (Lipinski definition) is 3. The van der Waals surface area contributed by atoms with Crippen LogP contribution in [0.25, 0.3) is 0 Å². The van der Waals surface area contributed by atoms with Crippen LogP contribution in [0, 0.1) is 0 Å². The summed E-state index contributed by atoms with van der Waals surface area (Å²) in [4.78, 5) is 0. The minimum Gasteiger partial charge on any atom is -0.324 e. The Balaban J connectivity index is 0. The zero-order valence-electron chi connectivity index (χ0n) is 8.60. The average Bonchev–Trinajstić information content (AvgIpc) is 2.19. The molecule has 0 unspecified atom stereocenters. The van der Waals surface area contributed by atoms with Crippen molar-refractivity contribution in [1.29, 1.82) is 0 Å². The lowest BCUT2D eigenvalue weighted by atomic mass is 10.3. The van der Waals surface area contributed by atoms with Crippen molar-refractivity contribution in [3.63, 3.8) is 0 Å². The van der Waals surface area contributed by atoms with Crippen molar-refractivity contribution in [3.05, 3.63) is 30.3 Å². The molecule has 0 aliphatic heterocycles. The number of para-hydroxylation sites is 1. The fraction of sp³-hybridized carbons (Fsp3) is 0.250. The summed E-state index contributed by atoms with van der Waals surface area (Å²) in [6, 6.07) is 9.60. The average molecular weight is 254 g/mol. The maximum Gasteiger partial charge on any atom is 0.208 e. The van der Waals surface area contributed by atoms with Crippen molar-refractivity contribution in [3.8, 4) is 0 Å². The molecule has 5 nitrogen and oxygen atoms in total. The molecule has 0 bridgehead atoms. The molecular weight excluding hydrogens is 238 g/mol. The Morgan fingerprint density at radius 3 is 1.80 bits per heavy atom. The molecule has 0 aromatic heterocycles. The Morgan fingerprint density at radius 1 is 1.20 bits per heavy atom. The standard InChI is InChI=1S/C6H8N2.C2H7NO2S.ClH/c7-8-6-4-2-1-3-5-6;1-3-6(2,4)5;/h1-5,8H,7H2;3H,1-2H3;1H. The number of nitrogens with one attached hydrogen (secondary N) is 2. The lowest BCUT2D eigenvalue weighted by Crippen LogP contribution is -2.15. The van der Waals surface area contributed by atoms with Crippen molar-refractivity contribution in [2.75, 3.05) is 18.7 Å². The molecule has 0 saturated carbocycles. The van der Waals surface area contributed by atoms with Gasteiger partial charge in [0.2, 0.25) is 10.0 Å². The number of sulfonamides is 1. The van der Waals surface area contributed by atoms with E-state index in [9.17, 15) is 8.42 Å². The van der Waals surface area contributed by atoms with Crippen LogP contribution in [-0.4, -0.2) is 21.7 Å². The summed E-state index contributed by atoms with van der Waals surface area (Å²) in [6.45, 7) is 0. The van der Waals surface area contributed by atoms with E-state index in [1.165, 1.54) is 7.05 Å². The highest BCUT2D eigenvalue weighted by molar-refractivity contribution is 7.88. The van der Waals surface area contributed by atoms with E-state index in [-0.39, 0.29) is 12.4 Å². The number of halogens is 1. The van der Waals surface area contributed by atoms with E-state index in [0.29, 0.717) is 0 Å². The first-order valence-electron chi connectivity index (χ1n) is 3.90. The van der Waals surface area contributed by atoms with Crippen molar-refractivity contribution in [1.82, 2.24) is 4.72 Å². The molecule has 88 valence electrons. The second-order valence-corrected chi connectivity index (χ2v) is 4.44. The molecule has 0 spiro atoms. The van der Waals surface area contributed by atoms with Gasteiger partial charge in [0.25, 0.3) is 0 Å². The number of benzene rings is 1. The fourth-order valence-electron chi connectivity index (χ4n) is 0.534. The molecule has 0 fully saturated rings. The van der Waals surface area contributed by atoms with Gasteiger partial charge in [-0.25, -0.2) is 13.1 Å². The van der Waals surface area contributed by atoms with E-state index < -0.39 is 10.0 Å². The van der Waals surface area contributed by atoms with E-state index in [1.54, 1.807) is 0 Å². The van der Waals surface area contributed by atoms with Gasteiger partial charge < -0.3 is 5.43 Å². The number of hydrazine groups is 1. The van der Waals surface area contributed by atoms with Crippen LogP contribution < -0.4 is 16.0 Å². The number of nitrogens with two attached hydrogens (primary N) is 1. The summed E-state index contributed by atoms with van der Waals surface area (Å²) in [7, 11) is -1.54.